The van der Waals surface area contributed by atoms with Crippen molar-refractivity contribution in [1.29, 1.82) is 0 Å². The monoisotopic (exact) mass is 491 g/mol. The van der Waals surface area contributed by atoms with Gasteiger partial charge in [-0.3, -0.25) is 14.5 Å². The maximum atomic E-state index is 13.4. The number of ketones is 1. The molecule has 190 valence electrons. The molecule has 3 aliphatic heterocycles. The molecule has 2 aromatic rings. The van der Waals surface area contributed by atoms with E-state index in [1.54, 1.807) is 11.0 Å². The second-order valence-electron chi connectivity index (χ2n) is 9.89. The SMILES string of the molecule is C[C@@H]1Cc2cc(C(O)=C3C(=O)C(=O)N(CCN4CCOCC4)[C@@H]3c3ccc(N(C)C)cc3)ccc2O1. The fourth-order valence-electron chi connectivity index (χ4n) is 5.21. The Morgan fingerprint density at radius 2 is 1.78 bits per heavy atom. The third-order valence-electron chi connectivity index (χ3n) is 7.20. The van der Waals surface area contributed by atoms with Gasteiger partial charge >= 0.3 is 0 Å². The Hall–Kier alpha value is -3.36. The van der Waals surface area contributed by atoms with Crippen molar-refractivity contribution in [2.24, 2.45) is 0 Å². The third-order valence-corrected chi connectivity index (χ3v) is 7.20. The summed E-state index contributed by atoms with van der Waals surface area (Å²) < 4.78 is 11.2. The number of ether oxygens (including phenoxy) is 2. The Kier molecular flexibility index (Phi) is 6.73. The van der Waals surface area contributed by atoms with Gasteiger partial charge in [-0.25, -0.2) is 0 Å². The van der Waals surface area contributed by atoms with Gasteiger partial charge in [0.2, 0.25) is 0 Å². The van der Waals surface area contributed by atoms with E-state index < -0.39 is 17.7 Å². The number of anilines is 1. The molecule has 2 aromatic carbocycles. The minimum absolute atomic E-state index is 0.0679. The molecule has 1 N–H and O–H groups in total. The minimum Gasteiger partial charge on any atom is -0.507 e. The lowest BCUT2D eigenvalue weighted by molar-refractivity contribution is -0.140. The number of hydrogen-bond acceptors (Lipinski definition) is 7. The highest BCUT2D eigenvalue weighted by atomic mass is 16.5. The van der Waals surface area contributed by atoms with Gasteiger partial charge in [-0.1, -0.05) is 12.1 Å². The van der Waals surface area contributed by atoms with Gasteiger partial charge in [0.15, 0.2) is 0 Å². The van der Waals surface area contributed by atoms with Crippen LogP contribution in [0.1, 0.15) is 29.7 Å². The summed E-state index contributed by atoms with van der Waals surface area (Å²) in [6.07, 6.45) is 0.804. The fourth-order valence-corrected chi connectivity index (χ4v) is 5.21. The molecule has 2 fully saturated rings. The smallest absolute Gasteiger partial charge is 0.295 e. The number of morpholine rings is 1. The highest BCUT2D eigenvalue weighted by molar-refractivity contribution is 6.46. The number of amides is 1. The van der Waals surface area contributed by atoms with Crippen LogP contribution in [0.25, 0.3) is 5.76 Å². The minimum atomic E-state index is -0.661. The van der Waals surface area contributed by atoms with Crippen molar-refractivity contribution in [2.75, 3.05) is 58.4 Å². The number of fused-ring (bicyclic) bond motifs is 1. The van der Waals surface area contributed by atoms with Crippen LogP contribution in [0.3, 0.4) is 0 Å². The summed E-state index contributed by atoms with van der Waals surface area (Å²) in [7, 11) is 3.92. The molecule has 0 radical (unpaired) electrons. The van der Waals surface area contributed by atoms with E-state index in [1.807, 2.05) is 62.3 Å². The van der Waals surface area contributed by atoms with Crippen LogP contribution in [-0.2, 0) is 20.7 Å². The molecule has 0 aliphatic carbocycles. The highest BCUT2D eigenvalue weighted by Gasteiger charge is 2.46. The summed E-state index contributed by atoms with van der Waals surface area (Å²) in [5.41, 5.74) is 3.44. The Labute approximate surface area is 211 Å². The average Bonchev–Trinajstić information content (AvgIpc) is 3.38. The van der Waals surface area contributed by atoms with Gasteiger partial charge in [0.1, 0.15) is 17.6 Å². The van der Waals surface area contributed by atoms with E-state index in [1.165, 1.54) is 0 Å². The van der Waals surface area contributed by atoms with Crippen LogP contribution >= 0.6 is 0 Å². The van der Waals surface area contributed by atoms with Crippen LogP contribution in [0.15, 0.2) is 48.0 Å². The summed E-state index contributed by atoms with van der Waals surface area (Å²) >= 11 is 0. The molecule has 0 aromatic heterocycles. The molecule has 5 rings (SSSR count). The molecule has 36 heavy (non-hydrogen) atoms. The Morgan fingerprint density at radius 1 is 1.06 bits per heavy atom. The maximum absolute atomic E-state index is 13.4. The Balaban J connectivity index is 1.53. The molecular weight excluding hydrogens is 458 g/mol. The lowest BCUT2D eigenvalue weighted by Crippen LogP contribution is -2.42. The first-order valence-electron chi connectivity index (χ1n) is 12.5. The number of aliphatic hydroxyl groups excluding tert-OH is 1. The number of benzene rings is 2. The second-order valence-corrected chi connectivity index (χ2v) is 9.89. The molecule has 8 heteroatoms. The summed E-state index contributed by atoms with van der Waals surface area (Å²) in [5.74, 6) is -0.585. The number of aliphatic hydroxyl groups is 1. The number of Topliss-reactive ketones (excluding diaryl/α,β-unsaturated/α-hetero) is 1. The first-order valence-corrected chi connectivity index (χ1v) is 12.5. The van der Waals surface area contributed by atoms with Gasteiger partial charge in [-0.05, 0) is 48.4 Å². The van der Waals surface area contributed by atoms with E-state index in [4.69, 9.17) is 9.47 Å². The van der Waals surface area contributed by atoms with Crippen molar-refractivity contribution in [1.82, 2.24) is 9.80 Å². The normalized spacial score (nSPS) is 23.6. The maximum Gasteiger partial charge on any atom is 0.295 e. The predicted molar refractivity (Wildman–Crippen MR) is 137 cm³/mol. The lowest BCUT2D eigenvalue weighted by atomic mass is 9.94. The largest absolute Gasteiger partial charge is 0.507 e. The van der Waals surface area contributed by atoms with Crippen LogP contribution in [0.5, 0.6) is 5.75 Å². The predicted octanol–water partition coefficient (Wildman–Crippen LogP) is 2.83. The molecule has 2 saturated heterocycles. The second kappa shape index (κ2) is 9.95. The van der Waals surface area contributed by atoms with E-state index in [-0.39, 0.29) is 17.4 Å². The zero-order chi connectivity index (χ0) is 25.4. The highest BCUT2D eigenvalue weighted by Crippen LogP contribution is 2.41. The number of nitrogens with zero attached hydrogens (tertiary/aromatic N) is 3. The summed E-state index contributed by atoms with van der Waals surface area (Å²) in [4.78, 5) is 32.5. The number of likely N-dealkylation sites (tertiary alicyclic amines) is 1. The third kappa shape index (κ3) is 4.58. The van der Waals surface area contributed by atoms with Crippen LogP contribution in [0, 0.1) is 0 Å². The number of carbonyl (C=O) groups excluding carboxylic acids is 2. The van der Waals surface area contributed by atoms with Crippen LogP contribution in [0.4, 0.5) is 5.69 Å². The number of carbonyl (C=O) groups is 2. The molecule has 0 saturated carbocycles. The lowest BCUT2D eigenvalue weighted by Gasteiger charge is -2.31. The molecule has 2 atom stereocenters. The van der Waals surface area contributed by atoms with E-state index in [0.29, 0.717) is 31.9 Å². The van der Waals surface area contributed by atoms with Crippen molar-refractivity contribution in [2.45, 2.75) is 25.5 Å². The van der Waals surface area contributed by atoms with Crippen LogP contribution in [0.2, 0.25) is 0 Å². The molecule has 1 amide bonds. The summed E-state index contributed by atoms with van der Waals surface area (Å²) in [6.45, 7) is 5.93. The first-order chi connectivity index (χ1) is 17.3. The van der Waals surface area contributed by atoms with Crippen molar-refractivity contribution in [3.05, 3.63) is 64.7 Å². The number of hydrogen-bond donors (Lipinski definition) is 1. The van der Waals surface area contributed by atoms with E-state index in [9.17, 15) is 14.7 Å². The molecule has 3 aliphatic rings. The van der Waals surface area contributed by atoms with Gasteiger partial charge < -0.3 is 24.4 Å². The van der Waals surface area contributed by atoms with Gasteiger partial charge in [-0.2, -0.15) is 0 Å². The topological polar surface area (TPSA) is 82.5 Å². The van der Waals surface area contributed by atoms with E-state index in [2.05, 4.69) is 4.90 Å². The van der Waals surface area contributed by atoms with Crippen molar-refractivity contribution >= 4 is 23.1 Å². The standard InChI is InChI=1S/C28H33N3O5/c1-18-16-21-17-20(6-9-23(21)36-18)26(32)24-25(19-4-7-22(8-5-19)29(2)3)31(28(34)27(24)33)11-10-30-12-14-35-15-13-30/h4-9,17-18,25,32H,10-16H2,1-3H3/t18-,25-/m1/s1. The van der Waals surface area contributed by atoms with Gasteiger partial charge in [0.25, 0.3) is 11.7 Å². The number of rotatable bonds is 6. The van der Waals surface area contributed by atoms with Crippen LogP contribution < -0.4 is 9.64 Å². The van der Waals surface area contributed by atoms with Crippen LogP contribution in [-0.4, -0.2) is 86.2 Å². The molecule has 0 unspecified atom stereocenters. The van der Waals surface area contributed by atoms with Gasteiger partial charge in [0.05, 0.1) is 24.8 Å². The van der Waals surface area contributed by atoms with Gasteiger partial charge in [0, 0.05) is 57.9 Å². The summed E-state index contributed by atoms with van der Waals surface area (Å²) in [5, 5.41) is 11.4. The molecule has 0 bridgehead atoms. The van der Waals surface area contributed by atoms with E-state index >= 15 is 0 Å². The fraction of sp³-hybridized carbons (Fsp3) is 0.429. The molecule has 0 spiro atoms. The quantitative estimate of drug-likeness (QED) is 0.378. The summed E-state index contributed by atoms with van der Waals surface area (Å²) in [6, 6.07) is 12.6. The molecule has 3 heterocycles. The van der Waals surface area contributed by atoms with Crippen molar-refractivity contribution in [3.63, 3.8) is 0 Å². The molecule has 8 nitrogen and oxygen atoms in total. The van der Waals surface area contributed by atoms with Crippen molar-refractivity contribution in [3.8, 4) is 5.75 Å². The Morgan fingerprint density at radius 3 is 2.47 bits per heavy atom. The average molecular weight is 492 g/mol. The van der Waals surface area contributed by atoms with Gasteiger partial charge in [-0.15, -0.1) is 0 Å². The Bertz CT molecular complexity index is 1180. The first kappa shape index (κ1) is 24.3. The van der Waals surface area contributed by atoms with Crippen molar-refractivity contribution < 1.29 is 24.2 Å². The molecular formula is C28H33N3O5. The van der Waals surface area contributed by atoms with E-state index in [0.717, 1.165) is 42.1 Å². The zero-order valence-corrected chi connectivity index (χ0v) is 21.1. The zero-order valence-electron chi connectivity index (χ0n) is 21.1.